The summed E-state index contributed by atoms with van der Waals surface area (Å²) in [5.74, 6) is 0.952. The lowest BCUT2D eigenvalue weighted by Crippen LogP contribution is -2.23. The Hall–Kier alpha value is -0.330. The molecule has 0 fully saturated rings. The highest BCUT2D eigenvalue weighted by atomic mass is 127. The van der Waals surface area contributed by atoms with Gasteiger partial charge in [-0.2, -0.15) is 0 Å². The summed E-state index contributed by atoms with van der Waals surface area (Å²) in [5.41, 5.74) is 2.19. The van der Waals surface area contributed by atoms with Crippen molar-refractivity contribution < 1.29 is 0 Å². The Morgan fingerprint density at radius 2 is 2.05 bits per heavy atom. The van der Waals surface area contributed by atoms with E-state index in [0.29, 0.717) is 6.04 Å². The van der Waals surface area contributed by atoms with E-state index < -0.39 is 0 Å². The zero-order chi connectivity index (χ0) is 14.2. The third-order valence-corrected chi connectivity index (χ3v) is 3.97. The van der Waals surface area contributed by atoms with Crippen LogP contribution in [-0.2, 0) is 0 Å². The van der Waals surface area contributed by atoms with Gasteiger partial charge in [0.05, 0.1) is 16.4 Å². The fourth-order valence-corrected chi connectivity index (χ4v) is 3.07. The maximum atomic E-state index is 6.30. The molecule has 2 unspecified atom stereocenters. The third-order valence-electron chi connectivity index (χ3n) is 3.10. The van der Waals surface area contributed by atoms with E-state index in [4.69, 9.17) is 16.6 Å². The second-order valence-corrected chi connectivity index (χ2v) is 7.10. The lowest BCUT2D eigenvalue weighted by Gasteiger charge is -2.22. The lowest BCUT2D eigenvalue weighted by atomic mass is 10.2. The summed E-state index contributed by atoms with van der Waals surface area (Å²) in [7, 11) is 4.17. The lowest BCUT2D eigenvalue weighted by molar-refractivity contribution is 0.336. The quantitative estimate of drug-likeness (QED) is 0.579. The number of aromatic nitrogens is 2. The monoisotopic (exact) mass is 391 g/mol. The molecule has 5 heteroatoms. The first-order chi connectivity index (χ1) is 8.90. The maximum Gasteiger partial charge on any atom is 0.128 e. The molecule has 0 saturated heterocycles. The van der Waals surface area contributed by atoms with Crippen molar-refractivity contribution in [1.82, 2.24) is 14.5 Å². The first-order valence-electron chi connectivity index (χ1n) is 6.36. The van der Waals surface area contributed by atoms with Crippen LogP contribution in [0, 0.1) is 3.57 Å². The molecule has 3 nitrogen and oxygen atoms in total. The summed E-state index contributed by atoms with van der Waals surface area (Å²) < 4.78 is 3.46. The molecule has 0 aliphatic rings. The first-order valence-corrected chi connectivity index (χ1v) is 7.88. The molecule has 0 radical (unpaired) electrons. The molecule has 0 bridgehead atoms. The van der Waals surface area contributed by atoms with E-state index in [1.165, 1.54) is 3.57 Å². The number of nitrogens with zero attached hydrogens (tertiary/aromatic N) is 3. The summed E-state index contributed by atoms with van der Waals surface area (Å²) in [5, 5.41) is -0.0883. The van der Waals surface area contributed by atoms with Crippen molar-refractivity contribution in [3.63, 3.8) is 0 Å². The van der Waals surface area contributed by atoms with Crippen molar-refractivity contribution in [3.05, 3.63) is 27.6 Å². The number of hydrogen-bond acceptors (Lipinski definition) is 2. The molecule has 2 atom stereocenters. The molecule has 2 aromatic rings. The summed E-state index contributed by atoms with van der Waals surface area (Å²) >= 11 is 8.61. The largest absolute Gasteiger partial charge is 0.323 e. The van der Waals surface area contributed by atoms with E-state index in [2.05, 4.69) is 71.3 Å². The van der Waals surface area contributed by atoms with E-state index in [1.807, 2.05) is 6.92 Å². The number of likely N-dealkylation sites (N-methyl/N-ethyl adjacent to an activating group) is 1. The van der Waals surface area contributed by atoms with Gasteiger partial charge in [-0.1, -0.05) is 0 Å². The standard InChI is InChI=1S/C14H19ClIN3/c1-9(8-18(3)4)19-13-6-5-11(16)7-12(13)17-14(19)10(2)15/h5-7,9-10H,8H2,1-4H3. The molecule has 104 valence electrons. The molecule has 0 aliphatic carbocycles. The van der Waals surface area contributed by atoms with Gasteiger partial charge in [0.1, 0.15) is 5.82 Å². The molecule has 19 heavy (non-hydrogen) atoms. The fourth-order valence-electron chi connectivity index (χ4n) is 2.44. The minimum absolute atomic E-state index is 0.0883. The van der Waals surface area contributed by atoms with Crippen LogP contribution in [0.1, 0.15) is 31.1 Å². The van der Waals surface area contributed by atoms with Crippen LogP contribution in [0.25, 0.3) is 11.0 Å². The topological polar surface area (TPSA) is 21.1 Å². The Kier molecular flexibility index (Phi) is 4.74. The number of imidazole rings is 1. The third kappa shape index (κ3) is 3.23. The molecule has 0 amide bonds. The van der Waals surface area contributed by atoms with Gasteiger partial charge in [-0.3, -0.25) is 0 Å². The summed E-state index contributed by atoms with van der Waals surface area (Å²) in [6.45, 7) is 5.16. The van der Waals surface area contributed by atoms with Crippen LogP contribution < -0.4 is 0 Å². The number of benzene rings is 1. The molecular weight excluding hydrogens is 373 g/mol. The van der Waals surface area contributed by atoms with Crippen LogP contribution in [-0.4, -0.2) is 35.1 Å². The smallest absolute Gasteiger partial charge is 0.128 e. The molecule has 0 spiro atoms. The van der Waals surface area contributed by atoms with Gasteiger partial charge in [0.15, 0.2) is 0 Å². The van der Waals surface area contributed by atoms with Crippen molar-refractivity contribution in [3.8, 4) is 0 Å². The Morgan fingerprint density at radius 3 is 2.63 bits per heavy atom. The van der Waals surface area contributed by atoms with Gasteiger partial charge < -0.3 is 9.47 Å². The maximum absolute atomic E-state index is 6.30. The van der Waals surface area contributed by atoms with E-state index in [9.17, 15) is 0 Å². The van der Waals surface area contributed by atoms with E-state index >= 15 is 0 Å². The Labute approximate surface area is 133 Å². The number of alkyl halides is 1. The van der Waals surface area contributed by atoms with Crippen LogP contribution in [0.15, 0.2) is 18.2 Å². The predicted molar refractivity (Wildman–Crippen MR) is 90.0 cm³/mol. The van der Waals surface area contributed by atoms with Crippen LogP contribution in [0.4, 0.5) is 0 Å². The zero-order valence-corrected chi connectivity index (χ0v) is 14.6. The molecule has 0 saturated carbocycles. The van der Waals surface area contributed by atoms with Crippen molar-refractivity contribution in [1.29, 1.82) is 0 Å². The number of rotatable bonds is 4. The number of fused-ring (bicyclic) bond motifs is 1. The highest BCUT2D eigenvalue weighted by molar-refractivity contribution is 14.1. The molecule has 0 aliphatic heterocycles. The first kappa shape index (κ1) is 15.1. The van der Waals surface area contributed by atoms with Gasteiger partial charge in [-0.25, -0.2) is 4.98 Å². The Balaban J connectivity index is 2.58. The molecule has 1 aromatic heterocycles. The Bertz CT molecular complexity index is 577. The van der Waals surface area contributed by atoms with Gasteiger partial charge in [0.25, 0.3) is 0 Å². The Morgan fingerprint density at radius 1 is 1.37 bits per heavy atom. The normalized spacial score (nSPS) is 15.1. The predicted octanol–water partition coefficient (Wildman–Crippen LogP) is 4.06. The van der Waals surface area contributed by atoms with Crippen LogP contribution in [0.2, 0.25) is 0 Å². The van der Waals surface area contributed by atoms with Gasteiger partial charge in [-0.05, 0) is 68.7 Å². The van der Waals surface area contributed by atoms with Crippen LogP contribution in [0.3, 0.4) is 0 Å². The second kappa shape index (κ2) is 5.97. The summed E-state index contributed by atoms with van der Waals surface area (Å²) in [6.07, 6.45) is 0. The van der Waals surface area contributed by atoms with Gasteiger partial charge in [0, 0.05) is 16.2 Å². The van der Waals surface area contributed by atoms with Gasteiger partial charge >= 0.3 is 0 Å². The second-order valence-electron chi connectivity index (χ2n) is 5.20. The SMILES string of the molecule is CC(Cl)c1nc2cc(I)ccc2n1C(C)CN(C)C. The molecule has 1 aromatic carbocycles. The fraction of sp³-hybridized carbons (Fsp3) is 0.500. The van der Waals surface area contributed by atoms with Crippen molar-refractivity contribution in [2.24, 2.45) is 0 Å². The minimum atomic E-state index is -0.0883. The molecule has 1 heterocycles. The van der Waals surface area contributed by atoms with Crippen LogP contribution >= 0.6 is 34.2 Å². The van der Waals surface area contributed by atoms with Crippen molar-refractivity contribution >= 4 is 45.2 Å². The van der Waals surface area contributed by atoms with E-state index in [-0.39, 0.29) is 5.38 Å². The summed E-state index contributed by atoms with van der Waals surface area (Å²) in [4.78, 5) is 6.90. The minimum Gasteiger partial charge on any atom is -0.323 e. The highest BCUT2D eigenvalue weighted by Gasteiger charge is 2.19. The average Bonchev–Trinajstić information content (AvgIpc) is 2.66. The average molecular weight is 392 g/mol. The van der Waals surface area contributed by atoms with Crippen LogP contribution in [0.5, 0.6) is 0 Å². The zero-order valence-electron chi connectivity index (χ0n) is 11.7. The number of hydrogen-bond donors (Lipinski definition) is 0. The molecule has 0 N–H and O–H groups in total. The van der Waals surface area contributed by atoms with Crippen molar-refractivity contribution in [2.45, 2.75) is 25.3 Å². The van der Waals surface area contributed by atoms with Crippen molar-refractivity contribution in [2.75, 3.05) is 20.6 Å². The molecule has 2 rings (SSSR count). The molecular formula is C14H19ClIN3. The van der Waals surface area contributed by atoms with E-state index in [0.717, 1.165) is 23.4 Å². The van der Waals surface area contributed by atoms with Gasteiger partial charge in [0.2, 0.25) is 0 Å². The highest BCUT2D eigenvalue weighted by Crippen LogP contribution is 2.29. The number of halogens is 2. The summed E-state index contributed by atoms with van der Waals surface area (Å²) in [6, 6.07) is 6.71. The van der Waals surface area contributed by atoms with E-state index in [1.54, 1.807) is 0 Å². The van der Waals surface area contributed by atoms with Gasteiger partial charge in [-0.15, -0.1) is 11.6 Å².